The molecule has 160 valence electrons. The molecule has 0 aliphatic rings. The van der Waals surface area contributed by atoms with Crippen molar-refractivity contribution in [3.63, 3.8) is 0 Å². The van der Waals surface area contributed by atoms with Gasteiger partial charge in [-0.15, -0.1) is 12.4 Å². The Hall–Kier alpha value is 0.170. The van der Waals surface area contributed by atoms with Crippen molar-refractivity contribution in [2.45, 2.75) is 116 Å². The molecule has 0 heterocycles. The second kappa shape index (κ2) is 23.2. The maximum Gasteiger partial charge on any atom is 0.130 e. The van der Waals surface area contributed by atoms with E-state index in [1.807, 2.05) is 14.1 Å². The third-order valence-electron chi connectivity index (χ3n) is 5.01. The minimum atomic E-state index is -0.471. The van der Waals surface area contributed by atoms with Crippen LogP contribution >= 0.6 is 12.4 Å². The third-order valence-corrected chi connectivity index (χ3v) is 5.01. The van der Waals surface area contributed by atoms with Crippen LogP contribution in [0.5, 0.6) is 0 Å². The van der Waals surface area contributed by atoms with Crippen molar-refractivity contribution in [1.29, 1.82) is 0 Å². The first-order valence-electron chi connectivity index (χ1n) is 11.1. The second-order valence-corrected chi connectivity index (χ2v) is 7.82. The summed E-state index contributed by atoms with van der Waals surface area (Å²) >= 11 is 0. The van der Waals surface area contributed by atoms with Crippen LogP contribution in [0.2, 0.25) is 0 Å². The first-order chi connectivity index (χ1) is 12.2. The molecule has 1 unspecified atom stereocenters. The van der Waals surface area contributed by atoms with Crippen molar-refractivity contribution in [2.75, 3.05) is 27.3 Å². The SMILES string of the molecule is CCCCCCCCCCCCCCCCCCOCC(O)N(C)C.Cl. The number of aliphatic hydroxyl groups excluding tert-OH is 1. The molecule has 0 spiro atoms. The number of ether oxygens (including phenoxy) is 1. The Labute approximate surface area is 170 Å². The van der Waals surface area contributed by atoms with Crippen LogP contribution in [-0.2, 0) is 4.74 Å². The summed E-state index contributed by atoms with van der Waals surface area (Å²) in [6, 6.07) is 0. The molecule has 1 atom stereocenters. The van der Waals surface area contributed by atoms with E-state index in [0.29, 0.717) is 6.61 Å². The molecule has 0 amide bonds. The maximum atomic E-state index is 9.56. The van der Waals surface area contributed by atoms with Crippen LogP contribution in [0, 0.1) is 0 Å². The van der Waals surface area contributed by atoms with Crippen molar-refractivity contribution in [1.82, 2.24) is 4.90 Å². The lowest BCUT2D eigenvalue weighted by Gasteiger charge is -2.18. The van der Waals surface area contributed by atoms with Crippen molar-refractivity contribution >= 4 is 12.4 Å². The van der Waals surface area contributed by atoms with Gasteiger partial charge >= 0.3 is 0 Å². The standard InChI is InChI=1S/C22H47NO2.ClH/c1-4-5-6-7-8-9-10-11-12-13-14-15-16-17-18-19-20-25-21-22(24)23(2)3;/h22,24H,4-21H2,1-3H3;1H. The smallest absolute Gasteiger partial charge is 0.130 e. The highest BCUT2D eigenvalue weighted by atomic mass is 35.5. The van der Waals surface area contributed by atoms with Gasteiger partial charge in [-0.25, -0.2) is 0 Å². The van der Waals surface area contributed by atoms with E-state index >= 15 is 0 Å². The fourth-order valence-electron chi connectivity index (χ4n) is 3.09. The highest BCUT2D eigenvalue weighted by Gasteiger charge is 2.05. The van der Waals surface area contributed by atoms with Crippen LogP contribution in [0.15, 0.2) is 0 Å². The zero-order valence-electron chi connectivity index (χ0n) is 18.0. The predicted molar refractivity (Wildman–Crippen MR) is 117 cm³/mol. The van der Waals surface area contributed by atoms with Crippen LogP contribution in [0.1, 0.15) is 110 Å². The molecule has 0 aromatic heterocycles. The van der Waals surface area contributed by atoms with Gasteiger partial charge in [0.05, 0.1) is 6.61 Å². The highest BCUT2D eigenvalue weighted by molar-refractivity contribution is 5.85. The summed E-state index contributed by atoms with van der Waals surface area (Å²) in [6.07, 6.45) is 21.8. The molecule has 0 radical (unpaired) electrons. The minimum Gasteiger partial charge on any atom is -0.377 e. The summed E-state index contributed by atoms with van der Waals surface area (Å²) in [5.74, 6) is 0. The molecule has 0 aliphatic heterocycles. The molecule has 0 aromatic carbocycles. The van der Waals surface area contributed by atoms with Gasteiger partial charge in [-0.3, -0.25) is 4.90 Å². The predicted octanol–water partition coefficient (Wildman–Crippen LogP) is 6.57. The van der Waals surface area contributed by atoms with E-state index in [1.165, 1.54) is 96.3 Å². The van der Waals surface area contributed by atoms with Crippen molar-refractivity contribution in [3.8, 4) is 0 Å². The van der Waals surface area contributed by atoms with Crippen LogP contribution in [0.3, 0.4) is 0 Å². The molecular formula is C22H48ClNO2. The second-order valence-electron chi connectivity index (χ2n) is 7.82. The Bertz CT molecular complexity index is 252. The summed E-state index contributed by atoms with van der Waals surface area (Å²) in [5, 5.41) is 9.56. The number of unbranched alkanes of at least 4 members (excludes halogenated alkanes) is 15. The van der Waals surface area contributed by atoms with Gasteiger partial charge in [0, 0.05) is 6.61 Å². The minimum absolute atomic E-state index is 0. The Balaban J connectivity index is 0. The average molecular weight is 394 g/mol. The fraction of sp³-hybridized carbons (Fsp3) is 1.00. The maximum absolute atomic E-state index is 9.56. The molecule has 0 fully saturated rings. The van der Waals surface area contributed by atoms with Gasteiger partial charge < -0.3 is 9.84 Å². The topological polar surface area (TPSA) is 32.7 Å². The number of likely N-dealkylation sites (N-methyl/N-ethyl adjacent to an activating group) is 1. The van der Waals surface area contributed by atoms with E-state index in [9.17, 15) is 5.11 Å². The van der Waals surface area contributed by atoms with Gasteiger partial charge in [0.1, 0.15) is 6.23 Å². The van der Waals surface area contributed by atoms with Crippen LogP contribution in [-0.4, -0.2) is 43.5 Å². The monoisotopic (exact) mass is 393 g/mol. The first kappa shape index (κ1) is 28.4. The molecule has 26 heavy (non-hydrogen) atoms. The van der Waals surface area contributed by atoms with E-state index in [0.717, 1.165) is 13.0 Å². The molecule has 0 saturated heterocycles. The highest BCUT2D eigenvalue weighted by Crippen LogP contribution is 2.13. The summed E-state index contributed by atoms with van der Waals surface area (Å²) in [7, 11) is 3.73. The number of hydrogen-bond acceptors (Lipinski definition) is 3. The van der Waals surface area contributed by atoms with E-state index in [2.05, 4.69) is 6.92 Å². The summed E-state index contributed by atoms with van der Waals surface area (Å²) in [4.78, 5) is 1.77. The first-order valence-corrected chi connectivity index (χ1v) is 11.1. The third kappa shape index (κ3) is 22.2. The zero-order chi connectivity index (χ0) is 18.6. The van der Waals surface area contributed by atoms with Gasteiger partial charge in [-0.1, -0.05) is 103 Å². The lowest BCUT2D eigenvalue weighted by molar-refractivity contribution is -0.0371. The normalized spacial score (nSPS) is 12.3. The zero-order valence-corrected chi connectivity index (χ0v) is 18.8. The lowest BCUT2D eigenvalue weighted by Crippen LogP contribution is -2.32. The van der Waals surface area contributed by atoms with E-state index in [1.54, 1.807) is 4.90 Å². The quantitative estimate of drug-likeness (QED) is 0.187. The van der Waals surface area contributed by atoms with E-state index in [4.69, 9.17) is 4.74 Å². The molecule has 3 nitrogen and oxygen atoms in total. The molecule has 0 aliphatic carbocycles. The summed E-state index contributed by atoms with van der Waals surface area (Å²) < 4.78 is 5.48. The Kier molecular flexibility index (Phi) is 25.3. The van der Waals surface area contributed by atoms with Crippen LogP contribution in [0.4, 0.5) is 0 Å². The van der Waals surface area contributed by atoms with E-state index in [-0.39, 0.29) is 12.4 Å². The summed E-state index contributed by atoms with van der Waals surface area (Å²) in [5.41, 5.74) is 0. The number of rotatable bonds is 20. The molecule has 0 aromatic rings. The molecule has 0 saturated carbocycles. The largest absolute Gasteiger partial charge is 0.377 e. The molecular weight excluding hydrogens is 346 g/mol. The van der Waals surface area contributed by atoms with E-state index < -0.39 is 6.23 Å². The number of halogens is 1. The number of aliphatic hydroxyl groups is 1. The lowest BCUT2D eigenvalue weighted by atomic mass is 10.0. The Morgan fingerprint density at radius 1 is 0.654 bits per heavy atom. The van der Waals surface area contributed by atoms with Gasteiger partial charge in [0.25, 0.3) is 0 Å². The van der Waals surface area contributed by atoms with Crippen molar-refractivity contribution in [2.24, 2.45) is 0 Å². The number of nitrogens with zero attached hydrogens (tertiary/aromatic N) is 1. The van der Waals surface area contributed by atoms with Gasteiger partial charge in [-0.05, 0) is 20.5 Å². The fourth-order valence-corrected chi connectivity index (χ4v) is 3.09. The van der Waals surface area contributed by atoms with Crippen LogP contribution < -0.4 is 0 Å². The van der Waals surface area contributed by atoms with Gasteiger partial charge in [0.15, 0.2) is 0 Å². The molecule has 0 rings (SSSR count). The molecule has 4 heteroatoms. The molecule has 1 N–H and O–H groups in total. The van der Waals surface area contributed by atoms with Gasteiger partial charge in [0.2, 0.25) is 0 Å². The average Bonchev–Trinajstić information content (AvgIpc) is 2.60. The Morgan fingerprint density at radius 3 is 1.35 bits per heavy atom. The Morgan fingerprint density at radius 2 is 1.00 bits per heavy atom. The molecule has 0 bridgehead atoms. The van der Waals surface area contributed by atoms with Crippen molar-refractivity contribution in [3.05, 3.63) is 0 Å². The van der Waals surface area contributed by atoms with Gasteiger partial charge in [-0.2, -0.15) is 0 Å². The van der Waals surface area contributed by atoms with Crippen LogP contribution in [0.25, 0.3) is 0 Å². The van der Waals surface area contributed by atoms with Crippen molar-refractivity contribution < 1.29 is 9.84 Å². The number of hydrogen-bond donors (Lipinski definition) is 1. The summed E-state index contributed by atoms with van der Waals surface area (Å²) in [6.45, 7) is 3.49.